The van der Waals surface area contributed by atoms with Crippen molar-refractivity contribution in [1.29, 1.82) is 0 Å². The van der Waals surface area contributed by atoms with Crippen molar-refractivity contribution < 1.29 is 19.5 Å². The zero-order valence-corrected chi connectivity index (χ0v) is 19.1. The van der Waals surface area contributed by atoms with Gasteiger partial charge in [-0.15, -0.1) is 0 Å². The number of benzene rings is 3. The Balaban J connectivity index is 1.66. The fourth-order valence-corrected chi connectivity index (χ4v) is 4.55. The number of carboxylic acid groups (broad SMARTS) is 1. The van der Waals surface area contributed by atoms with Crippen LogP contribution >= 0.6 is 0 Å². The molecule has 3 aromatic carbocycles. The van der Waals surface area contributed by atoms with Crippen LogP contribution in [0.2, 0.25) is 0 Å². The van der Waals surface area contributed by atoms with Crippen LogP contribution in [0.3, 0.4) is 0 Å². The number of rotatable bonds is 8. The smallest absolute Gasteiger partial charge is 0.321 e. The molecule has 0 bridgehead atoms. The van der Waals surface area contributed by atoms with Gasteiger partial charge in [0.1, 0.15) is 0 Å². The van der Waals surface area contributed by atoms with Gasteiger partial charge in [0, 0.05) is 19.6 Å². The van der Waals surface area contributed by atoms with Crippen LogP contribution in [0.15, 0.2) is 91.0 Å². The summed E-state index contributed by atoms with van der Waals surface area (Å²) in [6, 6.07) is 28.1. The number of amides is 2. The van der Waals surface area contributed by atoms with Crippen LogP contribution < -0.4 is 0 Å². The monoisotopic (exact) mass is 456 g/mol. The van der Waals surface area contributed by atoms with Gasteiger partial charge in [-0.2, -0.15) is 0 Å². The van der Waals surface area contributed by atoms with E-state index in [0.717, 1.165) is 16.7 Å². The highest BCUT2D eigenvalue weighted by atomic mass is 16.4. The summed E-state index contributed by atoms with van der Waals surface area (Å²) in [6.07, 6.45) is -0.349. The highest BCUT2D eigenvalue weighted by Crippen LogP contribution is 2.39. The summed E-state index contributed by atoms with van der Waals surface area (Å²) >= 11 is 0. The molecule has 3 aromatic rings. The molecule has 0 aromatic heterocycles. The van der Waals surface area contributed by atoms with Crippen molar-refractivity contribution in [1.82, 2.24) is 9.80 Å². The van der Waals surface area contributed by atoms with Crippen molar-refractivity contribution in [2.45, 2.75) is 32.5 Å². The van der Waals surface area contributed by atoms with Gasteiger partial charge in [0.2, 0.25) is 11.8 Å². The molecular weight excluding hydrogens is 428 g/mol. The molecule has 1 aliphatic rings. The standard InChI is InChI=1S/C28H28N2O4/c1-21(24-15-9-4-10-16-24)30-20-28(27(33)34,17-25(30)31)26(32)29(18-22-11-5-2-6-12-22)19-23-13-7-3-8-14-23/h2-16,21H,17-20H2,1H3,(H,33,34)/t21-,28+/m0/s1. The Hall–Kier alpha value is -3.93. The maximum atomic E-state index is 13.9. The largest absolute Gasteiger partial charge is 0.480 e. The number of likely N-dealkylation sites (tertiary alicyclic amines) is 1. The first-order chi connectivity index (χ1) is 16.4. The Morgan fingerprint density at radius 2 is 1.35 bits per heavy atom. The maximum Gasteiger partial charge on any atom is 0.321 e. The Labute approximate surface area is 199 Å². The highest BCUT2D eigenvalue weighted by Gasteiger charge is 2.57. The van der Waals surface area contributed by atoms with Crippen molar-refractivity contribution in [2.75, 3.05) is 6.54 Å². The molecule has 0 aliphatic carbocycles. The van der Waals surface area contributed by atoms with E-state index >= 15 is 0 Å². The predicted octanol–water partition coefficient (Wildman–Crippen LogP) is 4.28. The van der Waals surface area contributed by atoms with Crippen LogP contribution in [0.4, 0.5) is 0 Å². The van der Waals surface area contributed by atoms with Gasteiger partial charge in [0.15, 0.2) is 5.41 Å². The molecule has 0 unspecified atom stereocenters. The third-order valence-corrected chi connectivity index (χ3v) is 6.50. The summed E-state index contributed by atoms with van der Waals surface area (Å²) in [6.45, 7) is 2.22. The van der Waals surface area contributed by atoms with Gasteiger partial charge in [-0.25, -0.2) is 0 Å². The normalized spacial score (nSPS) is 18.5. The average molecular weight is 457 g/mol. The van der Waals surface area contributed by atoms with E-state index in [9.17, 15) is 19.5 Å². The molecule has 2 atom stereocenters. The van der Waals surface area contributed by atoms with Crippen LogP contribution in [0.25, 0.3) is 0 Å². The minimum Gasteiger partial charge on any atom is -0.480 e. The van der Waals surface area contributed by atoms with E-state index in [1.807, 2.05) is 97.9 Å². The second-order valence-electron chi connectivity index (χ2n) is 8.80. The lowest BCUT2D eigenvalue weighted by atomic mass is 9.84. The van der Waals surface area contributed by atoms with Gasteiger partial charge in [-0.05, 0) is 23.6 Å². The van der Waals surface area contributed by atoms with Crippen LogP contribution in [0.1, 0.15) is 36.1 Å². The molecule has 0 saturated carbocycles. The molecule has 1 saturated heterocycles. The zero-order chi connectivity index (χ0) is 24.1. The van der Waals surface area contributed by atoms with E-state index in [-0.39, 0.29) is 38.0 Å². The minimum absolute atomic E-state index is 0.157. The Kier molecular flexibility index (Phi) is 6.77. The highest BCUT2D eigenvalue weighted by molar-refractivity contribution is 6.07. The van der Waals surface area contributed by atoms with Crippen molar-refractivity contribution in [3.63, 3.8) is 0 Å². The summed E-state index contributed by atoms with van der Waals surface area (Å²) in [4.78, 5) is 42.7. The first-order valence-electron chi connectivity index (χ1n) is 11.4. The number of hydrogen-bond acceptors (Lipinski definition) is 3. The maximum absolute atomic E-state index is 13.9. The third kappa shape index (κ3) is 4.71. The Morgan fingerprint density at radius 1 is 0.882 bits per heavy atom. The quantitative estimate of drug-likeness (QED) is 0.513. The first kappa shape index (κ1) is 23.2. The molecule has 1 aliphatic heterocycles. The lowest BCUT2D eigenvalue weighted by Crippen LogP contribution is -2.50. The predicted molar refractivity (Wildman–Crippen MR) is 128 cm³/mol. The molecule has 2 amide bonds. The molecule has 1 fully saturated rings. The molecule has 1 heterocycles. The van der Waals surface area contributed by atoms with Crippen LogP contribution in [0, 0.1) is 5.41 Å². The summed E-state index contributed by atoms with van der Waals surface area (Å²) < 4.78 is 0. The van der Waals surface area contributed by atoms with Gasteiger partial charge < -0.3 is 14.9 Å². The second kappa shape index (κ2) is 9.91. The van der Waals surface area contributed by atoms with Crippen molar-refractivity contribution in [3.05, 3.63) is 108 Å². The van der Waals surface area contributed by atoms with Crippen molar-refractivity contribution in [2.24, 2.45) is 5.41 Å². The minimum atomic E-state index is -1.83. The molecule has 4 rings (SSSR count). The second-order valence-corrected chi connectivity index (χ2v) is 8.80. The van der Waals surface area contributed by atoms with Crippen LogP contribution in [0.5, 0.6) is 0 Å². The third-order valence-electron chi connectivity index (χ3n) is 6.50. The molecule has 0 radical (unpaired) electrons. The van der Waals surface area contributed by atoms with Crippen LogP contribution in [-0.4, -0.2) is 39.2 Å². The van der Waals surface area contributed by atoms with E-state index in [1.54, 1.807) is 4.90 Å². The van der Waals surface area contributed by atoms with E-state index < -0.39 is 17.3 Å². The van der Waals surface area contributed by atoms with Gasteiger partial charge >= 0.3 is 5.97 Å². The van der Waals surface area contributed by atoms with E-state index in [4.69, 9.17) is 0 Å². The Bertz CT molecular complexity index is 1110. The fourth-order valence-electron chi connectivity index (χ4n) is 4.55. The zero-order valence-electron chi connectivity index (χ0n) is 19.1. The summed E-state index contributed by atoms with van der Waals surface area (Å²) in [7, 11) is 0. The van der Waals surface area contributed by atoms with E-state index in [1.165, 1.54) is 4.90 Å². The van der Waals surface area contributed by atoms with E-state index in [0.29, 0.717) is 0 Å². The summed E-state index contributed by atoms with van der Waals surface area (Å²) in [5, 5.41) is 10.3. The first-order valence-corrected chi connectivity index (χ1v) is 11.4. The molecule has 6 heteroatoms. The van der Waals surface area contributed by atoms with Crippen molar-refractivity contribution >= 4 is 17.8 Å². The number of nitrogens with zero attached hydrogens (tertiary/aromatic N) is 2. The van der Waals surface area contributed by atoms with Gasteiger partial charge in [0.25, 0.3) is 0 Å². The number of carbonyl (C=O) groups is 3. The van der Waals surface area contributed by atoms with E-state index in [2.05, 4.69) is 0 Å². The lowest BCUT2D eigenvalue weighted by Gasteiger charge is -2.32. The molecule has 34 heavy (non-hydrogen) atoms. The number of hydrogen-bond donors (Lipinski definition) is 1. The molecule has 0 spiro atoms. The number of carbonyl (C=O) groups excluding carboxylic acids is 2. The van der Waals surface area contributed by atoms with Crippen LogP contribution in [-0.2, 0) is 27.5 Å². The SMILES string of the molecule is C[C@@H](c1ccccc1)N1C[C@@](C(=O)O)(C(=O)N(Cc2ccccc2)Cc2ccccc2)CC1=O. The molecule has 6 nitrogen and oxygen atoms in total. The summed E-state index contributed by atoms with van der Waals surface area (Å²) in [5.41, 5.74) is 0.858. The van der Waals surface area contributed by atoms with Gasteiger partial charge in [0.05, 0.1) is 12.5 Å². The Morgan fingerprint density at radius 3 is 1.82 bits per heavy atom. The molecule has 1 N–H and O–H groups in total. The molecule has 174 valence electrons. The summed E-state index contributed by atoms with van der Waals surface area (Å²) in [5.74, 6) is -2.13. The average Bonchev–Trinajstić information content (AvgIpc) is 3.23. The van der Waals surface area contributed by atoms with Gasteiger partial charge in [-0.3, -0.25) is 14.4 Å². The fraction of sp³-hybridized carbons (Fsp3) is 0.250. The van der Waals surface area contributed by atoms with Crippen molar-refractivity contribution in [3.8, 4) is 0 Å². The molecular formula is C28H28N2O4. The topological polar surface area (TPSA) is 77.9 Å². The lowest BCUT2D eigenvalue weighted by molar-refractivity contribution is -0.161. The number of carboxylic acids is 1. The number of aliphatic carboxylic acids is 1. The van der Waals surface area contributed by atoms with Gasteiger partial charge in [-0.1, -0.05) is 91.0 Å².